The number of carbonyl (C=O) groups excluding carboxylic acids is 1. The zero-order valence-corrected chi connectivity index (χ0v) is 24.7. The van der Waals surface area contributed by atoms with Crippen molar-refractivity contribution in [2.24, 2.45) is 0 Å². The van der Waals surface area contributed by atoms with Gasteiger partial charge >= 0.3 is 0 Å². The Balaban J connectivity index is 1.75. The Labute approximate surface area is 239 Å². The Morgan fingerprint density at radius 3 is 2.41 bits per heavy atom. The molecule has 2 aliphatic rings. The lowest BCUT2D eigenvalue weighted by Gasteiger charge is -2.22. The van der Waals surface area contributed by atoms with Crippen LogP contribution in [0.3, 0.4) is 0 Å². The lowest BCUT2D eigenvalue weighted by atomic mass is 9.96. The summed E-state index contributed by atoms with van der Waals surface area (Å²) >= 11 is 0. The van der Waals surface area contributed by atoms with Gasteiger partial charge in [0.05, 0.1) is 22.8 Å². The molecule has 41 heavy (non-hydrogen) atoms. The lowest BCUT2D eigenvalue weighted by molar-refractivity contribution is -0.117. The summed E-state index contributed by atoms with van der Waals surface area (Å²) in [5, 5.41) is 2.81. The van der Waals surface area contributed by atoms with Crippen molar-refractivity contribution in [1.29, 1.82) is 0 Å². The van der Waals surface area contributed by atoms with E-state index in [-0.39, 0.29) is 34.7 Å². The highest BCUT2D eigenvalue weighted by molar-refractivity contribution is 7.92. The number of sulfonamides is 1. The van der Waals surface area contributed by atoms with Gasteiger partial charge in [0.2, 0.25) is 15.9 Å². The number of halogens is 1. The van der Waals surface area contributed by atoms with Crippen LogP contribution < -0.4 is 20.2 Å². The number of nitrogens with zero attached hydrogens (tertiary/aromatic N) is 1. The van der Waals surface area contributed by atoms with Gasteiger partial charge in [0.1, 0.15) is 11.6 Å². The van der Waals surface area contributed by atoms with E-state index in [0.717, 1.165) is 12.8 Å². The second-order valence-electron chi connectivity index (χ2n) is 11.0. The number of rotatable bonds is 9. The summed E-state index contributed by atoms with van der Waals surface area (Å²) in [4.78, 5) is 26.5. The number of amides is 1. The predicted molar refractivity (Wildman–Crippen MR) is 158 cm³/mol. The fraction of sp³-hybridized carbons (Fsp3) is 0.355. The number of carbonyl (C=O) groups is 1. The molecule has 0 aliphatic heterocycles. The largest absolute Gasteiger partial charge is 0.455 e. The molecule has 1 saturated carbocycles. The number of pyridine rings is 1. The zero-order chi connectivity index (χ0) is 29.7. The van der Waals surface area contributed by atoms with Crippen molar-refractivity contribution in [1.82, 2.24) is 9.88 Å². The van der Waals surface area contributed by atoms with E-state index in [0.29, 0.717) is 62.9 Å². The van der Waals surface area contributed by atoms with Crippen LogP contribution in [0.15, 0.2) is 46.9 Å². The number of likely N-dealkylation sites (N-methyl/N-ethyl adjacent to an activating group) is 1. The van der Waals surface area contributed by atoms with Crippen LogP contribution in [0.25, 0.3) is 11.8 Å². The standard InChI is InChI=1S/C31H34FN3O5S/c1-6-33-30(37)20-14-23-25(15-20)35(17-24(28(23)36)31(5)10-11-31)26-16-22(34-41(38,39)7-2)8-9-27(26)40-29-18(3)12-21(32)13-19(29)4/h8-9,12-13,15-17,34H,6-7,10-11,14H2,1-5H3,(H,33,37). The summed E-state index contributed by atoms with van der Waals surface area (Å²) < 4.78 is 49.7. The van der Waals surface area contributed by atoms with Crippen LogP contribution in [-0.2, 0) is 26.7 Å². The monoisotopic (exact) mass is 579 g/mol. The van der Waals surface area contributed by atoms with Gasteiger partial charge in [0.15, 0.2) is 11.2 Å². The van der Waals surface area contributed by atoms with Crippen LogP contribution in [0, 0.1) is 19.7 Å². The minimum absolute atomic E-state index is 0.0812. The topological polar surface area (TPSA) is 107 Å². The van der Waals surface area contributed by atoms with Gasteiger partial charge in [-0.05, 0) is 93.5 Å². The Morgan fingerprint density at radius 1 is 1.12 bits per heavy atom. The van der Waals surface area contributed by atoms with Gasteiger partial charge in [0.25, 0.3) is 0 Å². The van der Waals surface area contributed by atoms with E-state index in [1.807, 2.05) is 18.4 Å². The maximum atomic E-state index is 14.0. The number of benzene rings is 2. The number of fused-ring (bicyclic) bond motifs is 1. The average molecular weight is 580 g/mol. The lowest BCUT2D eigenvalue weighted by Crippen LogP contribution is -2.26. The van der Waals surface area contributed by atoms with E-state index in [1.165, 1.54) is 12.1 Å². The molecular weight excluding hydrogens is 545 g/mol. The van der Waals surface area contributed by atoms with Crippen LogP contribution in [0.5, 0.6) is 11.5 Å². The van der Waals surface area contributed by atoms with Gasteiger partial charge in [-0.2, -0.15) is 0 Å². The van der Waals surface area contributed by atoms with Crippen molar-refractivity contribution in [2.75, 3.05) is 17.0 Å². The van der Waals surface area contributed by atoms with E-state index >= 15 is 0 Å². The molecule has 0 spiro atoms. The number of aromatic nitrogens is 1. The molecule has 1 aromatic heterocycles. The first-order valence-electron chi connectivity index (χ1n) is 13.7. The van der Waals surface area contributed by atoms with Crippen LogP contribution >= 0.6 is 0 Å². The average Bonchev–Trinajstić information content (AvgIpc) is 3.48. The van der Waals surface area contributed by atoms with Gasteiger partial charge in [-0.15, -0.1) is 0 Å². The number of aryl methyl sites for hydroxylation is 2. The van der Waals surface area contributed by atoms with Gasteiger partial charge in [-0.1, -0.05) is 6.92 Å². The quantitative estimate of drug-likeness (QED) is 0.359. The molecule has 2 N–H and O–H groups in total. The summed E-state index contributed by atoms with van der Waals surface area (Å²) in [6, 6.07) is 7.67. The molecule has 3 aromatic rings. The Bertz CT molecular complexity index is 1750. The molecule has 5 rings (SSSR count). The van der Waals surface area contributed by atoms with Crippen molar-refractivity contribution in [3.8, 4) is 17.2 Å². The van der Waals surface area contributed by atoms with Gasteiger partial charge in [0, 0.05) is 35.9 Å². The van der Waals surface area contributed by atoms with Crippen molar-refractivity contribution in [3.05, 3.63) is 86.1 Å². The summed E-state index contributed by atoms with van der Waals surface area (Å²) in [7, 11) is -3.58. The molecule has 216 valence electrons. The van der Waals surface area contributed by atoms with E-state index in [4.69, 9.17) is 4.74 Å². The summed E-state index contributed by atoms with van der Waals surface area (Å²) in [6.45, 7) is 9.37. The third-order valence-corrected chi connectivity index (χ3v) is 9.12. The number of ether oxygens (including phenoxy) is 1. The Hall–Kier alpha value is -3.92. The molecule has 0 radical (unpaired) electrons. The normalized spacial score (nSPS) is 15.2. The number of anilines is 1. The van der Waals surface area contributed by atoms with E-state index < -0.39 is 10.0 Å². The van der Waals surface area contributed by atoms with Crippen LogP contribution in [0.4, 0.5) is 10.1 Å². The van der Waals surface area contributed by atoms with Crippen LogP contribution in [0.2, 0.25) is 0 Å². The first-order valence-corrected chi connectivity index (χ1v) is 15.4. The zero-order valence-electron chi connectivity index (χ0n) is 23.9. The molecule has 0 unspecified atom stereocenters. The smallest absolute Gasteiger partial charge is 0.247 e. The third-order valence-electron chi connectivity index (χ3n) is 7.81. The summed E-state index contributed by atoms with van der Waals surface area (Å²) in [5.74, 6) is 0.121. The van der Waals surface area contributed by atoms with E-state index in [1.54, 1.807) is 51.2 Å². The van der Waals surface area contributed by atoms with E-state index in [9.17, 15) is 22.4 Å². The first-order chi connectivity index (χ1) is 19.4. The number of hydrogen-bond donors (Lipinski definition) is 2. The van der Waals surface area contributed by atoms with Crippen molar-refractivity contribution in [2.45, 2.75) is 59.3 Å². The molecule has 8 nitrogen and oxygen atoms in total. The molecule has 0 atom stereocenters. The highest BCUT2D eigenvalue weighted by atomic mass is 32.2. The van der Waals surface area contributed by atoms with Crippen LogP contribution in [-0.4, -0.2) is 31.2 Å². The molecule has 1 heterocycles. The first kappa shape index (κ1) is 28.6. The molecule has 0 saturated heterocycles. The highest BCUT2D eigenvalue weighted by Crippen LogP contribution is 2.47. The molecular formula is C31H34FN3O5S. The third kappa shape index (κ3) is 5.53. The second kappa shape index (κ2) is 10.5. The number of nitrogens with one attached hydrogen (secondary N) is 2. The second-order valence-corrected chi connectivity index (χ2v) is 13.0. The molecule has 1 fully saturated rings. The minimum Gasteiger partial charge on any atom is -0.455 e. The minimum atomic E-state index is -3.58. The van der Waals surface area contributed by atoms with E-state index in [2.05, 4.69) is 10.0 Å². The fourth-order valence-corrected chi connectivity index (χ4v) is 5.83. The maximum absolute atomic E-state index is 14.0. The number of hydrogen-bond acceptors (Lipinski definition) is 5. The van der Waals surface area contributed by atoms with Crippen LogP contribution in [0.1, 0.15) is 61.6 Å². The predicted octanol–water partition coefficient (Wildman–Crippen LogP) is 5.27. The van der Waals surface area contributed by atoms with Gasteiger partial charge in [-0.3, -0.25) is 14.3 Å². The van der Waals surface area contributed by atoms with Crippen molar-refractivity contribution in [3.63, 3.8) is 0 Å². The molecule has 0 bridgehead atoms. The molecule has 10 heteroatoms. The fourth-order valence-electron chi connectivity index (χ4n) is 5.20. The molecule has 2 aliphatic carbocycles. The Morgan fingerprint density at radius 2 is 1.80 bits per heavy atom. The Kier molecular flexibility index (Phi) is 7.31. The van der Waals surface area contributed by atoms with Gasteiger partial charge < -0.3 is 14.6 Å². The maximum Gasteiger partial charge on any atom is 0.247 e. The van der Waals surface area contributed by atoms with Crippen molar-refractivity contribution >= 4 is 27.7 Å². The van der Waals surface area contributed by atoms with Crippen molar-refractivity contribution < 1.29 is 22.3 Å². The summed E-state index contributed by atoms with van der Waals surface area (Å²) in [5.41, 5.74) is 3.78. The van der Waals surface area contributed by atoms with Gasteiger partial charge in [-0.25, -0.2) is 12.8 Å². The highest BCUT2D eigenvalue weighted by Gasteiger charge is 2.43. The molecule has 2 aromatic carbocycles. The SMILES string of the molecule is CCNC(=O)C1=Cc2c(c(=O)c(C3(C)CC3)cn2-c2cc(NS(=O)(=O)CC)ccc2Oc2c(C)cc(F)cc2C)C1. The summed E-state index contributed by atoms with van der Waals surface area (Å²) in [6.07, 6.45) is 5.42. The molecule has 1 amide bonds.